The van der Waals surface area contributed by atoms with Crippen LogP contribution in [0.1, 0.15) is 17.7 Å². The van der Waals surface area contributed by atoms with Crippen molar-refractivity contribution in [1.29, 1.82) is 0 Å². The first-order valence-electron chi connectivity index (χ1n) is 5.73. The van der Waals surface area contributed by atoms with Crippen LogP contribution in [-0.4, -0.2) is 35.4 Å². The highest BCUT2D eigenvalue weighted by Crippen LogP contribution is 2.19. The molecule has 0 saturated carbocycles. The van der Waals surface area contributed by atoms with Gasteiger partial charge in [-0.1, -0.05) is 12.2 Å². The van der Waals surface area contributed by atoms with Crippen molar-refractivity contribution in [2.75, 3.05) is 13.6 Å². The SMILES string of the molecule is C=C1CCCN(Cc2cncs2)C(=O)C1NC. The molecule has 17 heavy (non-hydrogen) atoms. The molecule has 0 aromatic carbocycles. The van der Waals surface area contributed by atoms with Crippen LogP contribution in [0.3, 0.4) is 0 Å². The number of amides is 1. The van der Waals surface area contributed by atoms with Crippen molar-refractivity contribution in [3.8, 4) is 0 Å². The van der Waals surface area contributed by atoms with E-state index in [4.69, 9.17) is 0 Å². The maximum atomic E-state index is 12.3. The number of aromatic nitrogens is 1. The zero-order chi connectivity index (χ0) is 12.3. The Balaban J connectivity index is 2.11. The minimum Gasteiger partial charge on any atom is -0.336 e. The van der Waals surface area contributed by atoms with E-state index in [1.807, 2.05) is 18.1 Å². The summed E-state index contributed by atoms with van der Waals surface area (Å²) in [6, 6.07) is -0.231. The fourth-order valence-corrected chi connectivity index (χ4v) is 2.71. The zero-order valence-corrected chi connectivity index (χ0v) is 10.8. The normalized spacial score (nSPS) is 21.7. The molecule has 1 atom stereocenters. The highest BCUT2D eigenvalue weighted by atomic mass is 32.1. The number of nitrogens with one attached hydrogen (secondary N) is 1. The summed E-state index contributed by atoms with van der Waals surface area (Å²) >= 11 is 1.59. The molecule has 1 aromatic heterocycles. The molecule has 1 N–H and O–H groups in total. The Morgan fingerprint density at radius 2 is 2.53 bits per heavy atom. The summed E-state index contributed by atoms with van der Waals surface area (Å²) in [5.41, 5.74) is 2.79. The molecule has 0 radical (unpaired) electrons. The molecule has 4 nitrogen and oxygen atoms in total. The third kappa shape index (κ3) is 2.73. The van der Waals surface area contributed by atoms with E-state index in [0.29, 0.717) is 6.54 Å². The van der Waals surface area contributed by atoms with Gasteiger partial charge in [-0.2, -0.15) is 0 Å². The molecule has 5 heteroatoms. The Labute approximate surface area is 105 Å². The van der Waals surface area contributed by atoms with Crippen molar-refractivity contribution >= 4 is 17.2 Å². The maximum Gasteiger partial charge on any atom is 0.244 e. The van der Waals surface area contributed by atoms with Crippen LogP contribution in [0.5, 0.6) is 0 Å². The van der Waals surface area contributed by atoms with Gasteiger partial charge in [0.05, 0.1) is 12.1 Å². The van der Waals surface area contributed by atoms with E-state index < -0.39 is 0 Å². The molecule has 1 unspecified atom stereocenters. The molecular formula is C12H17N3OS. The fourth-order valence-electron chi connectivity index (χ4n) is 2.10. The number of carbonyl (C=O) groups is 1. The quantitative estimate of drug-likeness (QED) is 0.826. The molecule has 0 spiro atoms. The van der Waals surface area contributed by atoms with Gasteiger partial charge in [0.2, 0.25) is 5.91 Å². The fraction of sp³-hybridized carbons (Fsp3) is 0.500. The van der Waals surface area contributed by atoms with Crippen LogP contribution in [0.25, 0.3) is 0 Å². The van der Waals surface area contributed by atoms with E-state index >= 15 is 0 Å². The molecule has 1 saturated heterocycles. The number of hydrogen-bond acceptors (Lipinski definition) is 4. The van der Waals surface area contributed by atoms with Crippen molar-refractivity contribution in [3.05, 3.63) is 28.7 Å². The predicted molar refractivity (Wildman–Crippen MR) is 68.8 cm³/mol. The van der Waals surface area contributed by atoms with Crippen molar-refractivity contribution in [2.45, 2.75) is 25.4 Å². The maximum absolute atomic E-state index is 12.3. The summed E-state index contributed by atoms with van der Waals surface area (Å²) < 4.78 is 0. The lowest BCUT2D eigenvalue weighted by molar-refractivity contribution is -0.132. The molecule has 1 fully saturated rings. The minimum absolute atomic E-state index is 0.128. The number of carbonyl (C=O) groups excluding carboxylic acids is 1. The average molecular weight is 251 g/mol. The van der Waals surface area contributed by atoms with E-state index in [1.165, 1.54) is 0 Å². The predicted octanol–water partition coefficient (Wildman–Crippen LogP) is 1.41. The number of likely N-dealkylation sites (N-methyl/N-ethyl adjacent to an activating group) is 1. The zero-order valence-electron chi connectivity index (χ0n) is 9.98. The lowest BCUT2D eigenvalue weighted by Gasteiger charge is -2.23. The summed E-state index contributed by atoms with van der Waals surface area (Å²) in [5.74, 6) is 0.128. The van der Waals surface area contributed by atoms with E-state index in [0.717, 1.165) is 29.8 Å². The summed E-state index contributed by atoms with van der Waals surface area (Å²) in [6.45, 7) is 5.45. The highest BCUT2D eigenvalue weighted by Gasteiger charge is 2.28. The number of thiazole rings is 1. The standard InChI is InChI=1S/C12H17N3OS/c1-9-4-3-5-15(12(16)11(9)13-2)7-10-6-14-8-17-10/h6,8,11,13H,1,3-5,7H2,2H3. The van der Waals surface area contributed by atoms with Crippen LogP contribution in [0.15, 0.2) is 23.9 Å². The van der Waals surface area contributed by atoms with Gasteiger partial charge in [-0.25, -0.2) is 0 Å². The molecule has 0 aliphatic carbocycles. The molecule has 1 aliphatic heterocycles. The van der Waals surface area contributed by atoms with Gasteiger partial charge in [0.25, 0.3) is 0 Å². The Bertz CT molecular complexity index is 402. The van der Waals surface area contributed by atoms with Gasteiger partial charge < -0.3 is 10.2 Å². The van der Waals surface area contributed by atoms with Gasteiger partial charge in [-0.05, 0) is 19.9 Å². The first-order valence-corrected chi connectivity index (χ1v) is 6.61. The van der Waals surface area contributed by atoms with Gasteiger partial charge in [0, 0.05) is 17.6 Å². The first kappa shape index (κ1) is 12.3. The second-order valence-electron chi connectivity index (χ2n) is 4.21. The Morgan fingerprint density at radius 1 is 1.71 bits per heavy atom. The topological polar surface area (TPSA) is 45.2 Å². The summed E-state index contributed by atoms with van der Waals surface area (Å²) in [4.78, 5) is 19.4. The van der Waals surface area contributed by atoms with E-state index in [-0.39, 0.29) is 11.9 Å². The molecule has 1 aliphatic rings. The molecule has 2 heterocycles. The second kappa shape index (κ2) is 5.42. The van der Waals surface area contributed by atoms with Crippen LogP contribution in [0.4, 0.5) is 0 Å². The van der Waals surface area contributed by atoms with E-state index in [2.05, 4.69) is 16.9 Å². The van der Waals surface area contributed by atoms with Crippen LogP contribution in [0.2, 0.25) is 0 Å². The number of rotatable bonds is 3. The Morgan fingerprint density at radius 3 is 3.18 bits per heavy atom. The third-order valence-electron chi connectivity index (χ3n) is 3.01. The van der Waals surface area contributed by atoms with Gasteiger partial charge >= 0.3 is 0 Å². The number of likely N-dealkylation sites (tertiary alicyclic amines) is 1. The number of hydrogen-bond donors (Lipinski definition) is 1. The van der Waals surface area contributed by atoms with Gasteiger partial charge in [-0.15, -0.1) is 11.3 Å². The molecule has 92 valence electrons. The summed E-state index contributed by atoms with van der Waals surface area (Å²) in [7, 11) is 1.81. The van der Waals surface area contributed by atoms with Crippen LogP contribution in [0, 0.1) is 0 Å². The lowest BCUT2D eigenvalue weighted by atomic mass is 10.1. The second-order valence-corrected chi connectivity index (χ2v) is 5.18. The third-order valence-corrected chi connectivity index (χ3v) is 3.78. The summed E-state index contributed by atoms with van der Waals surface area (Å²) in [5, 5.41) is 3.05. The molecule has 1 amide bonds. The average Bonchev–Trinajstić information content (AvgIpc) is 2.76. The van der Waals surface area contributed by atoms with E-state index in [1.54, 1.807) is 16.8 Å². The number of nitrogens with zero attached hydrogens (tertiary/aromatic N) is 2. The molecule has 2 rings (SSSR count). The summed E-state index contributed by atoms with van der Waals surface area (Å²) in [6.07, 6.45) is 3.73. The Kier molecular flexibility index (Phi) is 3.91. The Hall–Kier alpha value is -1.20. The van der Waals surface area contributed by atoms with Gasteiger partial charge in [0.1, 0.15) is 6.04 Å². The molecule has 1 aromatic rings. The van der Waals surface area contributed by atoms with Crippen molar-refractivity contribution in [2.24, 2.45) is 0 Å². The smallest absolute Gasteiger partial charge is 0.244 e. The van der Waals surface area contributed by atoms with Gasteiger partial charge in [0.15, 0.2) is 0 Å². The van der Waals surface area contributed by atoms with Crippen molar-refractivity contribution in [1.82, 2.24) is 15.2 Å². The van der Waals surface area contributed by atoms with Crippen LogP contribution < -0.4 is 5.32 Å². The molecular weight excluding hydrogens is 234 g/mol. The first-order chi connectivity index (χ1) is 8.22. The van der Waals surface area contributed by atoms with Crippen LogP contribution in [-0.2, 0) is 11.3 Å². The van der Waals surface area contributed by atoms with E-state index in [9.17, 15) is 4.79 Å². The largest absolute Gasteiger partial charge is 0.336 e. The van der Waals surface area contributed by atoms with Crippen LogP contribution >= 0.6 is 11.3 Å². The minimum atomic E-state index is -0.231. The molecule has 0 bridgehead atoms. The van der Waals surface area contributed by atoms with Crippen molar-refractivity contribution in [3.63, 3.8) is 0 Å². The van der Waals surface area contributed by atoms with Gasteiger partial charge in [-0.3, -0.25) is 9.78 Å². The van der Waals surface area contributed by atoms with Crippen molar-refractivity contribution < 1.29 is 4.79 Å². The monoisotopic (exact) mass is 251 g/mol. The lowest BCUT2D eigenvalue weighted by Crippen LogP contribution is -2.44. The highest BCUT2D eigenvalue weighted by molar-refractivity contribution is 7.09.